The maximum Gasteiger partial charge on any atom is 0.266 e. The highest BCUT2D eigenvalue weighted by Gasteiger charge is 2.13. The second-order valence-corrected chi connectivity index (χ2v) is 9.06. The number of halogens is 2. The first kappa shape index (κ1) is 24.5. The van der Waals surface area contributed by atoms with Crippen molar-refractivity contribution in [2.75, 3.05) is 5.32 Å². The Labute approximate surface area is 215 Å². The quantitative estimate of drug-likeness (QED) is 0.185. The van der Waals surface area contributed by atoms with Gasteiger partial charge in [0.1, 0.15) is 24.0 Å². The van der Waals surface area contributed by atoms with Gasteiger partial charge in [-0.1, -0.05) is 37.3 Å². The lowest BCUT2D eigenvalue weighted by atomic mass is 10.1. The molecule has 3 rings (SSSR count). The van der Waals surface area contributed by atoms with Crippen LogP contribution in [0.3, 0.4) is 0 Å². The Balaban J connectivity index is 1.77. The van der Waals surface area contributed by atoms with Gasteiger partial charge in [-0.15, -0.1) is 0 Å². The minimum atomic E-state index is -0.471. The van der Waals surface area contributed by atoms with Crippen molar-refractivity contribution in [1.82, 2.24) is 0 Å². The fourth-order valence-corrected chi connectivity index (χ4v) is 4.81. The zero-order valence-electron chi connectivity index (χ0n) is 17.7. The Kier molecular flexibility index (Phi) is 8.65. The summed E-state index contributed by atoms with van der Waals surface area (Å²) >= 11 is 5.66. The van der Waals surface area contributed by atoms with E-state index in [4.69, 9.17) is 4.74 Å². The zero-order valence-corrected chi connectivity index (χ0v) is 21.5. The number of anilines is 1. The molecule has 1 amide bonds. The summed E-state index contributed by atoms with van der Waals surface area (Å²) < 4.78 is 7.44. The van der Waals surface area contributed by atoms with Gasteiger partial charge in [-0.05, 0) is 92.5 Å². The molecule has 0 radical (unpaired) electrons. The molecule has 5 nitrogen and oxygen atoms in total. The van der Waals surface area contributed by atoms with Gasteiger partial charge < -0.3 is 10.1 Å². The van der Waals surface area contributed by atoms with E-state index in [2.05, 4.69) is 56.8 Å². The SMILES string of the molecule is CCc1ccc(NC(=O)/C(C#N)=C/c2cc(Br)c(OCc3ccccc3C#N)c(I)c2)cc1. The van der Waals surface area contributed by atoms with Crippen molar-refractivity contribution in [3.8, 4) is 17.9 Å². The average Bonchev–Trinajstić information content (AvgIpc) is 2.82. The summed E-state index contributed by atoms with van der Waals surface area (Å²) in [6.45, 7) is 2.31. The summed E-state index contributed by atoms with van der Waals surface area (Å²) in [4.78, 5) is 12.6. The highest BCUT2D eigenvalue weighted by molar-refractivity contribution is 14.1. The maximum atomic E-state index is 12.6. The molecular formula is C26H19BrIN3O2. The molecule has 0 aliphatic heterocycles. The predicted octanol–water partition coefficient (Wildman–Crippen LogP) is 6.61. The van der Waals surface area contributed by atoms with Gasteiger partial charge in [0.05, 0.1) is 19.7 Å². The fraction of sp³-hybridized carbons (Fsp3) is 0.115. The van der Waals surface area contributed by atoms with Crippen LogP contribution in [0.2, 0.25) is 0 Å². The van der Waals surface area contributed by atoms with Crippen LogP contribution < -0.4 is 10.1 Å². The van der Waals surface area contributed by atoms with Crippen LogP contribution in [0.1, 0.15) is 29.2 Å². The Hall–Kier alpha value is -3.14. The molecule has 0 atom stereocenters. The lowest BCUT2D eigenvalue weighted by molar-refractivity contribution is -0.112. The number of hydrogen-bond acceptors (Lipinski definition) is 4. The number of carbonyl (C=O) groups excluding carboxylic acids is 1. The molecule has 0 fully saturated rings. The van der Waals surface area contributed by atoms with Crippen LogP contribution in [0.5, 0.6) is 5.75 Å². The minimum absolute atomic E-state index is 0.00566. The van der Waals surface area contributed by atoms with Gasteiger partial charge in [-0.3, -0.25) is 4.79 Å². The van der Waals surface area contributed by atoms with E-state index in [9.17, 15) is 15.3 Å². The predicted molar refractivity (Wildman–Crippen MR) is 140 cm³/mol. The summed E-state index contributed by atoms with van der Waals surface area (Å²) in [7, 11) is 0. The number of nitriles is 2. The van der Waals surface area contributed by atoms with Crippen LogP contribution in [0.25, 0.3) is 6.08 Å². The van der Waals surface area contributed by atoms with Crippen molar-refractivity contribution in [3.05, 3.63) is 96.5 Å². The standard InChI is InChI=1S/C26H19BrIN3O2/c1-2-17-7-9-22(10-8-17)31-26(32)21(15-30)11-18-12-23(27)25(24(28)13-18)33-16-20-6-4-3-5-19(20)14-29/h3-13H,2,16H2,1H3,(H,31,32)/b21-11+. The van der Waals surface area contributed by atoms with E-state index >= 15 is 0 Å². The molecule has 0 aromatic heterocycles. The first-order valence-electron chi connectivity index (χ1n) is 10.1. The van der Waals surface area contributed by atoms with E-state index < -0.39 is 5.91 Å². The van der Waals surface area contributed by atoms with Crippen molar-refractivity contribution in [2.24, 2.45) is 0 Å². The summed E-state index contributed by atoms with van der Waals surface area (Å²) in [6.07, 6.45) is 2.45. The molecule has 3 aromatic carbocycles. The number of carbonyl (C=O) groups is 1. The second-order valence-electron chi connectivity index (χ2n) is 7.05. The van der Waals surface area contributed by atoms with Crippen LogP contribution in [0.15, 0.2) is 70.7 Å². The zero-order chi connectivity index (χ0) is 23.8. The number of nitrogens with one attached hydrogen (secondary N) is 1. The molecule has 0 saturated heterocycles. The molecule has 0 aliphatic carbocycles. The molecule has 33 heavy (non-hydrogen) atoms. The Bertz CT molecular complexity index is 1270. The smallest absolute Gasteiger partial charge is 0.266 e. The third kappa shape index (κ3) is 6.44. The number of ether oxygens (including phenoxy) is 1. The van der Waals surface area contributed by atoms with Gasteiger partial charge in [0.2, 0.25) is 0 Å². The van der Waals surface area contributed by atoms with Gasteiger partial charge in [-0.25, -0.2) is 0 Å². The first-order valence-corrected chi connectivity index (χ1v) is 11.9. The molecule has 1 N–H and O–H groups in total. The van der Waals surface area contributed by atoms with E-state index in [1.165, 1.54) is 11.6 Å². The molecule has 0 unspecified atom stereocenters. The van der Waals surface area contributed by atoms with Crippen LogP contribution in [-0.2, 0) is 17.8 Å². The van der Waals surface area contributed by atoms with Crippen molar-refractivity contribution in [1.29, 1.82) is 10.5 Å². The van der Waals surface area contributed by atoms with Crippen molar-refractivity contribution in [2.45, 2.75) is 20.0 Å². The van der Waals surface area contributed by atoms with E-state index in [1.807, 2.05) is 54.6 Å². The van der Waals surface area contributed by atoms with Gasteiger partial charge >= 0.3 is 0 Å². The lowest BCUT2D eigenvalue weighted by Gasteiger charge is -2.12. The summed E-state index contributed by atoms with van der Waals surface area (Å²) in [5.74, 6) is 0.154. The van der Waals surface area contributed by atoms with E-state index in [0.717, 1.165) is 15.6 Å². The normalized spacial score (nSPS) is 10.8. The molecule has 0 spiro atoms. The fourth-order valence-electron chi connectivity index (χ4n) is 3.04. The summed E-state index contributed by atoms with van der Waals surface area (Å²) in [5, 5.41) is 21.5. The van der Waals surface area contributed by atoms with Gasteiger partial charge in [0.15, 0.2) is 0 Å². The van der Waals surface area contributed by atoms with Crippen LogP contribution in [0, 0.1) is 26.2 Å². The Morgan fingerprint density at radius 2 is 1.88 bits per heavy atom. The van der Waals surface area contributed by atoms with Gasteiger partial charge in [0, 0.05) is 11.3 Å². The van der Waals surface area contributed by atoms with Crippen LogP contribution >= 0.6 is 38.5 Å². The van der Waals surface area contributed by atoms with Crippen LogP contribution in [0.4, 0.5) is 5.69 Å². The van der Waals surface area contributed by atoms with Crippen LogP contribution in [-0.4, -0.2) is 5.91 Å². The minimum Gasteiger partial charge on any atom is -0.487 e. The van der Waals surface area contributed by atoms with Crippen molar-refractivity contribution >= 4 is 56.2 Å². The number of nitrogens with zero attached hydrogens (tertiary/aromatic N) is 2. The number of benzene rings is 3. The van der Waals surface area contributed by atoms with Gasteiger partial charge in [0.25, 0.3) is 5.91 Å². The number of hydrogen-bond donors (Lipinski definition) is 1. The molecule has 0 bridgehead atoms. The van der Waals surface area contributed by atoms with E-state index in [-0.39, 0.29) is 12.2 Å². The third-order valence-electron chi connectivity index (χ3n) is 4.83. The average molecular weight is 612 g/mol. The third-order valence-corrected chi connectivity index (χ3v) is 6.22. The van der Waals surface area contributed by atoms with Crippen molar-refractivity contribution in [3.63, 3.8) is 0 Å². The van der Waals surface area contributed by atoms with E-state index in [1.54, 1.807) is 12.1 Å². The molecule has 3 aromatic rings. The maximum absolute atomic E-state index is 12.6. The largest absolute Gasteiger partial charge is 0.487 e. The molecule has 164 valence electrons. The second kappa shape index (κ2) is 11.6. The molecule has 0 saturated carbocycles. The summed E-state index contributed by atoms with van der Waals surface area (Å²) in [5.41, 5.74) is 3.84. The molecule has 7 heteroatoms. The monoisotopic (exact) mass is 611 g/mol. The molecular weight excluding hydrogens is 593 g/mol. The topological polar surface area (TPSA) is 85.9 Å². The number of aryl methyl sites for hydroxylation is 1. The summed E-state index contributed by atoms with van der Waals surface area (Å²) in [6, 6.07) is 22.6. The van der Waals surface area contributed by atoms with E-state index in [0.29, 0.717) is 27.0 Å². The van der Waals surface area contributed by atoms with Gasteiger partial charge in [-0.2, -0.15) is 10.5 Å². The first-order chi connectivity index (χ1) is 15.9. The number of rotatable bonds is 7. The Morgan fingerprint density at radius 3 is 2.52 bits per heavy atom. The van der Waals surface area contributed by atoms with Crippen molar-refractivity contribution < 1.29 is 9.53 Å². The Morgan fingerprint density at radius 1 is 1.15 bits per heavy atom. The highest BCUT2D eigenvalue weighted by atomic mass is 127. The molecule has 0 heterocycles. The molecule has 0 aliphatic rings. The highest BCUT2D eigenvalue weighted by Crippen LogP contribution is 2.33. The lowest BCUT2D eigenvalue weighted by Crippen LogP contribution is -2.13. The number of amides is 1.